The van der Waals surface area contributed by atoms with Gasteiger partial charge < -0.3 is 0 Å². The Balaban J connectivity index is 1.75. The zero-order chi connectivity index (χ0) is 29.6. The monoisotopic (exact) mass is 701 g/mol. The van der Waals surface area contributed by atoms with Crippen molar-refractivity contribution in [3.8, 4) is 0 Å². The van der Waals surface area contributed by atoms with Gasteiger partial charge in [-0.3, -0.25) is 0 Å². The zero-order valence-corrected chi connectivity index (χ0v) is 30.9. The summed E-state index contributed by atoms with van der Waals surface area (Å²) in [5.74, 6) is 0. The Kier molecular flexibility index (Phi) is 21.5. The van der Waals surface area contributed by atoms with Gasteiger partial charge in [0.05, 0.1) is 0 Å². The van der Waals surface area contributed by atoms with Gasteiger partial charge in [-0.25, -0.2) is 0 Å². The molecule has 0 bridgehead atoms. The number of benzene rings is 2. The molecule has 0 aromatic heterocycles. The molecular weight excluding hydrogens is 639 g/mol. The van der Waals surface area contributed by atoms with E-state index in [0.29, 0.717) is 0 Å². The fourth-order valence-corrected chi connectivity index (χ4v) is 15.1. The molecule has 0 aliphatic heterocycles. The molecule has 233 valence electrons. The quantitative estimate of drug-likeness (QED) is 0.0484. The van der Waals surface area contributed by atoms with Crippen LogP contribution in [0.5, 0.6) is 0 Å². The first kappa shape index (κ1) is 37.4. The molecule has 0 amide bonds. The second kappa shape index (κ2) is 23.6. The van der Waals surface area contributed by atoms with Gasteiger partial charge in [-0.2, -0.15) is 0 Å². The topological polar surface area (TPSA) is 20.2 Å². The van der Waals surface area contributed by atoms with E-state index < -0.39 is 3.56 Å². The molecule has 2 rings (SSSR count). The molecule has 1 unspecified atom stereocenters. The first-order valence-electron chi connectivity index (χ1n) is 16.9. The second-order valence-electron chi connectivity index (χ2n) is 11.9. The molecule has 0 heterocycles. The van der Waals surface area contributed by atoms with Crippen LogP contribution in [0.15, 0.2) is 58.3 Å². The van der Waals surface area contributed by atoms with Crippen LogP contribution < -0.4 is 0 Å². The summed E-state index contributed by atoms with van der Waals surface area (Å²) in [7, 11) is -0.379. The van der Waals surface area contributed by atoms with E-state index in [-0.39, 0.29) is 10.1 Å². The molecule has 1 nitrogen and oxygen atoms in total. The second-order valence-corrected chi connectivity index (χ2v) is 27.6. The third-order valence-electron chi connectivity index (χ3n) is 8.17. The first-order chi connectivity index (χ1) is 20.0. The van der Waals surface area contributed by atoms with Crippen LogP contribution in [0.4, 0.5) is 0 Å². The molecule has 0 saturated carbocycles. The van der Waals surface area contributed by atoms with Crippen LogP contribution in [0.25, 0.3) is 0 Å². The van der Waals surface area contributed by atoms with Gasteiger partial charge in [0.1, 0.15) is 0 Å². The number of aryl methyl sites for hydroxylation is 2. The van der Waals surface area contributed by atoms with Gasteiger partial charge in [-0.15, -0.1) is 0 Å². The van der Waals surface area contributed by atoms with Gasteiger partial charge >= 0.3 is 197 Å². The van der Waals surface area contributed by atoms with E-state index in [2.05, 4.69) is 62.4 Å². The molecule has 2 aromatic rings. The fraction of sp³-hybridized carbons (Fsp3) is 0.667. The summed E-state index contributed by atoms with van der Waals surface area (Å²) in [6.45, 7) is 4.57. The molecule has 0 spiro atoms. The summed E-state index contributed by atoms with van der Waals surface area (Å²) >= 11 is 6.60. The Bertz CT molecular complexity index is 890. The third kappa shape index (κ3) is 17.3. The van der Waals surface area contributed by atoms with Gasteiger partial charge in [0, 0.05) is 0 Å². The van der Waals surface area contributed by atoms with Crippen molar-refractivity contribution in [2.75, 3.05) is 0 Å². The Morgan fingerprint density at radius 1 is 0.512 bits per heavy atom. The van der Waals surface area contributed by atoms with Crippen molar-refractivity contribution in [3.63, 3.8) is 0 Å². The Labute approximate surface area is 273 Å². The molecule has 0 saturated heterocycles. The van der Waals surface area contributed by atoms with E-state index in [9.17, 15) is 4.89 Å². The minimum absolute atomic E-state index is 0.379. The van der Waals surface area contributed by atoms with Crippen molar-refractivity contribution in [2.45, 2.75) is 165 Å². The van der Waals surface area contributed by atoms with Gasteiger partial charge in [0.2, 0.25) is 0 Å². The van der Waals surface area contributed by atoms with E-state index in [1.54, 1.807) is 0 Å². The molecular formula is C36H60MoOPS2. The van der Waals surface area contributed by atoms with E-state index in [1.807, 2.05) is 19.3 Å². The van der Waals surface area contributed by atoms with Crippen molar-refractivity contribution in [1.82, 2.24) is 0 Å². The first-order valence-corrected chi connectivity index (χ1v) is 24.3. The van der Waals surface area contributed by atoms with Gasteiger partial charge in [-0.05, 0) is 0 Å². The number of hydrogen-bond acceptors (Lipinski definition) is 0. The van der Waals surface area contributed by atoms with E-state index in [0.717, 1.165) is 12.8 Å². The Morgan fingerprint density at radius 3 is 1.05 bits per heavy atom. The summed E-state index contributed by atoms with van der Waals surface area (Å²) in [6.07, 6.45) is 29.9. The van der Waals surface area contributed by atoms with Crippen LogP contribution in [0.1, 0.15) is 153 Å². The van der Waals surface area contributed by atoms with Crippen LogP contribution in [-0.2, 0) is 42.2 Å². The van der Waals surface area contributed by atoms with Crippen LogP contribution in [0.3, 0.4) is 0 Å². The number of hydrogen-bond donors (Lipinski definition) is 2. The van der Waals surface area contributed by atoms with Gasteiger partial charge in [0.15, 0.2) is 0 Å². The summed E-state index contributed by atoms with van der Waals surface area (Å²) in [5.41, 5.74) is 2.84. The predicted octanol–water partition coefficient (Wildman–Crippen LogP) is 12.8. The van der Waals surface area contributed by atoms with Crippen molar-refractivity contribution in [3.05, 3.63) is 59.7 Å². The summed E-state index contributed by atoms with van der Waals surface area (Å²) < 4.78 is -2.36. The van der Waals surface area contributed by atoms with Crippen molar-refractivity contribution in [2.24, 2.45) is 0 Å². The van der Waals surface area contributed by atoms with Crippen LogP contribution >= 0.6 is 15.8 Å². The minimum atomic E-state index is -2.36. The molecule has 0 aliphatic rings. The summed E-state index contributed by atoms with van der Waals surface area (Å²) in [5, 5.41) is 0. The normalized spacial score (nSPS) is 13.1. The molecule has 1 atom stereocenters. The number of rotatable bonds is 24. The molecule has 1 N–H and O–H groups in total. The van der Waals surface area contributed by atoms with Gasteiger partial charge in [-0.1, -0.05) is 78.1 Å². The van der Waals surface area contributed by atoms with E-state index in [1.165, 1.54) is 149 Å². The van der Waals surface area contributed by atoms with Crippen LogP contribution in [0.2, 0.25) is 0 Å². The Morgan fingerprint density at radius 2 is 0.780 bits per heavy atom. The van der Waals surface area contributed by atoms with Crippen molar-refractivity contribution in [1.29, 1.82) is 0 Å². The third-order valence-corrected chi connectivity index (χ3v) is 17.5. The molecule has 0 aliphatic carbocycles. The molecule has 0 radical (unpaired) electrons. The maximum absolute atomic E-state index is 11.1. The average Bonchev–Trinajstić information content (AvgIpc) is 2.96. The van der Waals surface area contributed by atoms with E-state index in [4.69, 9.17) is 12.2 Å². The molecule has 5 heteroatoms. The SMILES string of the molecule is CCCCCCCCCCCCc1ccc(S(c2ccc(CCCCCCCCCCCC)cc2)=[P](O)(S)[Mo])cc1. The fourth-order valence-electron chi connectivity index (χ4n) is 5.61. The summed E-state index contributed by atoms with van der Waals surface area (Å²) in [6, 6.07) is 18.1. The van der Waals surface area contributed by atoms with Crippen molar-refractivity contribution < 1.29 is 24.2 Å². The van der Waals surface area contributed by atoms with E-state index >= 15 is 0 Å². The average molecular weight is 700 g/mol. The van der Waals surface area contributed by atoms with Gasteiger partial charge in [0.25, 0.3) is 0 Å². The molecule has 41 heavy (non-hydrogen) atoms. The molecule has 2 aromatic carbocycles. The molecule has 0 fully saturated rings. The Hall–Kier alpha value is 0.218. The van der Waals surface area contributed by atoms with Crippen molar-refractivity contribution >= 4 is 25.9 Å². The zero-order valence-electron chi connectivity index (χ0n) is 26.3. The number of thiol groups is 1. The van der Waals surface area contributed by atoms with Crippen LogP contribution in [0, 0.1) is 0 Å². The standard InChI is InChI=1S/C36H60OPS2.Mo/c1-3-5-7-9-11-13-15-17-19-21-23-33-25-29-35(30-26-33)40(38(37)39)36-31-27-34(28-32-36)24-22-20-18-16-14-12-10-8-6-4-2;/h25-32,37,39H,3-24H2,1-2H3;/q+1;-1. The van der Waals surface area contributed by atoms with Crippen LogP contribution in [-0.4, -0.2) is 4.89 Å². The number of unbranched alkanes of at least 4 members (excludes halogenated alkanes) is 18. The predicted molar refractivity (Wildman–Crippen MR) is 186 cm³/mol. The summed E-state index contributed by atoms with van der Waals surface area (Å²) in [4.78, 5) is 13.6. The maximum atomic E-state index is 11.1.